The minimum atomic E-state index is -4.24. The van der Waals surface area contributed by atoms with Crippen LogP contribution in [0.25, 0.3) is 0 Å². The van der Waals surface area contributed by atoms with E-state index in [1.807, 2.05) is 0 Å². The smallest absolute Gasteiger partial charge is 1.00 e. The van der Waals surface area contributed by atoms with Crippen LogP contribution in [0.4, 0.5) is 0 Å². The van der Waals surface area contributed by atoms with Crippen LogP contribution in [0.2, 0.25) is 3.34 Å². The second-order valence-electron chi connectivity index (χ2n) is 12.2. The van der Waals surface area contributed by atoms with Gasteiger partial charge in [0.1, 0.15) is 0 Å². The van der Waals surface area contributed by atoms with E-state index in [0.29, 0.717) is 84.6 Å². The average molecular weight is 894 g/mol. The molecular formula is C39H51Cl3O12SiTi. The quantitative estimate of drug-likeness (QED) is 0.104. The van der Waals surface area contributed by atoms with E-state index in [1.165, 1.54) is 0 Å². The molecule has 0 radical (unpaired) electrons. The molecule has 17 heteroatoms. The molecule has 0 bridgehead atoms. The molecule has 56 heavy (non-hydrogen) atoms. The fourth-order valence-electron chi connectivity index (χ4n) is 7.86. The Labute approximate surface area is 362 Å². The van der Waals surface area contributed by atoms with Crippen LogP contribution in [0, 0.1) is 0 Å². The Morgan fingerprint density at radius 1 is 0.357 bits per heavy atom. The maximum absolute atomic E-state index is 6.47. The van der Waals surface area contributed by atoms with Gasteiger partial charge in [-0.15, -0.1) is 0 Å². The van der Waals surface area contributed by atoms with E-state index >= 15 is 0 Å². The summed E-state index contributed by atoms with van der Waals surface area (Å²) in [5, 5.41) is 1.91. The summed E-state index contributed by atoms with van der Waals surface area (Å²) in [5.41, 5.74) is 4.40. The van der Waals surface area contributed by atoms with Crippen LogP contribution in [0.3, 0.4) is 0 Å². The number of allylic oxidation sites excluding steroid dienone is 4. The molecule has 0 spiro atoms. The number of rotatable bonds is 16. The summed E-state index contributed by atoms with van der Waals surface area (Å²) in [6.45, 7) is 8.56. The van der Waals surface area contributed by atoms with Crippen molar-refractivity contribution in [3.63, 3.8) is 0 Å². The number of hydrogen-bond donors (Lipinski definition) is 0. The number of hydrogen-bond acceptors (Lipinski definition) is 12. The van der Waals surface area contributed by atoms with Gasteiger partial charge >= 0.3 is 327 Å². The van der Waals surface area contributed by atoms with Gasteiger partial charge in [-0.3, -0.25) is 0 Å². The zero-order valence-electron chi connectivity index (χ0n) is 34.8. The van der Waals surface area contributed by atoms with Crippen LogP contribution in [0.1, 0.15) is 27.7 Å². The molecule has 1 aliphatic rings. The van der Waals surface area contributed by atoms with Crippen LogP contribution >= 0.6 is 0 Å². The van der Waals surface area contributed by atoms with Crippen LogP contribution < -0.4 is 110 Å². The fourth-order valence-corrected chi connectivity index (χ4v) is 16.9. The summed E-state index contributed by atoms with van der Waals surface area (Å²) in [4.78, 5) is 0. The second-order valence-corrected chi connectivity index (χ2v) is 17.9. The van der Waals surface area contributed by atoms with Crippen molar-refractivity contribution in [2.75, 3.05) is 85.3 Å². The number of ether oxygens (including phenoxy) is 12. The van der Waals surface area contributed by atoms with Crippen molar-refractivity contribution in [3.05, 3.63) is 40.5 Å². The molecule has 3 aromatic rings. The molecule has 0 saturated carbocycles. The molecule has 4 rings (SSSR count). The van der Waals surface area contributed by atoms with Crippen molar-refractivity contribution >= 4 is 23.6 Å². The minimum absolute atomic E-state index is 0. The van der Waals surface area contributed by atoms with Gasteiger partial charge in [-0.1, -0.05) is 0 Å². The summed E-state index contributed by atoms with van der Waals surface area (Å²) in [5.74, 6) is 4.62. The first-order chi connectivity index (χ1) is 25.3. The zero-order chi connectivity index (χ0) is 39.6. The Bertz CT molecular complexity index is 1760. The molecule has 0 heterocycles. The van der Waals surface area contributed by atoms with E-state index < -0.39 is 11.4 Å². The monoisotopic (exact) mass is 892 g/mol. The normalized spacial score (nSPS) is 13.0. The Hall–Kier alpha value is -3.46. The van der Waals surface area contributed by atoms with Crippen LogP contribution in [-0.2, 0) is 20.4 Å². The first-order valence-electron chi connectivity index (χ1n) is 16.6. The molecule has 3 aromatic carbocycles. The molecule has 1 aliphatic carbocycles. The third-order valence-corrected chi connectivity index (χ3v) is 19.0. The standard InChI is InChI=1S/C39H51O12Si.3ClH.Ti/c1-20-21(2)23(4)36(22(20)3)52(37-27(43-8)17-24(40-5)30(46-11)33(37)49-14,38-28(44-9)18-25(41-6)31(47-12)34(38)50-15)39-29(45-10)19-26(42-7)32(48-13)35(39)51-16;;;;/h17-19H,1-16H3;3*1H;/q;;;;+3/p-3. The average Bonchev–Trinajstić information content (AvgIpc) is 3.34. The van der Waals surface area contributed by atoms with Crippen molar-refractivity contribution in [1.29, 1.82) is 0 Å². The molecule has 0 amide bonds. The molecule has 0 aliphatic heterocycles. The Kier molecular flexibility index (Phi) is 18.3. The maximum Gasteiger partial charge on any atom is -1.00 e. The predicted molar refractivity (Wildman–Crippen MR) is 202 cm³/mol. The maximum atomic E-state index is 6.47. The predicted octanol–water partition coefficient (Wildman–Crippen LogP) is -3.80. The molecule has 0 N–H and O–H groups in total. The summed E-state index contributed by atoms with van der Waals surface area (Å²) in [6, 6.07) is 5.40. The van der Waals surface area contributed by atoms with Crippen molar-refractivity contribution < 1.29 is 114 Å². The van der Waals surface area contributed by atoms with Gasteiger partial charge in [0.15, 0.2) is 0 Å². The van der Waals surface area contributed by atoms with Gasteiger partial charge in [-0.2, -0.15) is 0 Å². The van der Waals surface area contributed by atoms with Crippen molar-refractivity contribution in [3.8, 4) is 69.0 Å². The van der Waals surface area contributed by atoms with E-state index in [9.17, 15) is 0 Å². The summed E-state index contributed by atoms with van der Waals surface area (Å²) >= 11 is 2.23. The van der Waals surface area contributed by atoms with Gasteiger partial charge in [0.25, 0.3) is 0 Å². The molecule has 0 unspecified atom stereocenters. The molecule has 0 saturated heterocycles. The van der Waals surface area contributed by atoms with Crippen molar-refractivity contribution in [2.45, 2.75) is 31.0 Å². The topological polar surface area (TPSA) is 111 Å². The van der Waals surface area contributed by atoms with Gasteiger partial charge in [0.2, 0.25) is 0 Å². The van der Waals surface area contributed by atoms with E-state index in [-0.39, 0.29) is 37.2 Å². The van der Waals surface area contributed by atoms with E-state index in [2.05, 4.69) is 48.1 Å². The van der Waals surface area contributed by atoms with Crippen molar-refractivity contribution in [1.82, 2.24) is 0 Å². The molecule has 308 valence electrons. The van der Waals surface area contributed by atoms with Gasteiger partial charge in [0.05, 0.1) is 0 Å². The van der Waals surface area contributed by atoms with Crippen molar-refractivity contribution in [2.24, 2.45) is 0 Å². The first kappa shape index (κ1) is 50.6. The summed E-state index contributed by atoms with van der Waals surface area (Å²) < 4.78 is 73.8. The van der Waals surface area contributed by atoms with Gasteiger partial charge < -0.3 is 37.2 Å². The molecule has 0 fully saturated rings. The first-order valence-corrected chi connectivity index (χ1v) is 19.4. The number of methoxy groups -OCH3 is 12. The van der Waals surface area contributed by atoms with Crippen LogP contribution in [0.15, 0.2) is 40.5 Å². The van der Waals surface area contributed by atoms with Gasteiger partial charge in [-0.05, 0) is 0 Å². The van der Waals surface area contributed by atoms with Gasteiger partial charge in [0, 0.05) is 0 Å². The summed E-state index contributed by atoms with van der Waals surface area (Å²) in [7, 11) is 14.7. The van der Waals surface area contributed by atoms with Crippen LogP contribution in [-0.4, -0.2) is 93.4 Å². The Balaban J connectivity index is 0.00000523. The SMILES string of the molecule is COc1cc(OC)c([Si](c2c(OC)cc(OC)c(OC)c2OC)(c2c(OC)cc(OC)c(OC)c2OC)[C]2([Ti+3])C(C)=C(C)C(C)=C2C)c(OC)c1OC.[Cl-].[Cl-].[Cl-]. The second kappa shape index (κ2) is 20.3. The zero-order valence-corrected chi connectivity index (χ0v) is 39.6. The number of halogens is 3. The van der Waals surface area contributed by atoms with E-state index in [4.69, 9.17) is 56.8 Å². The minimum Gasteiger partial charge on any atom is -1.00 e. The van der Waals surface area contributed by atoms with E-state index in [1.54, 1.807) is 104 Å². The molecule has 0 aromatic heterocycles. The molecular weight excluding hydrogens is 843 g/mol. The summed E-state index contributed by atoms with van der Waals surface area (Å²) in [6.07, 6.45) is 0. The third kappa shape index (κ3) is 7.17. The molecule has 0 atom stereocenters. The number of benzene rings is 3. The van der Waals surface area contributed by atoms with Crippen LogP contribution in [0.5, 0.6) is 69.0 Å². The molecule has 12 nitrogen and oxygen atoms in total. The fraction of sp³-hybridized carbons (Fsp3) is 0.436. The Morgan fingerprint density at radius 3 is 0.750 bits per heavy atom. The third-order valence-electron chi connectivity index (χ3n) is 10.5. The van der Waals surface area contributed by atoms with E-state index in [0.717, 1.165) is 22.3 Å². The van der Waals surface area contributed by atoms with Gasteiger partial charge in [-0.25, -0.2) is 0 Å². The largest absolute Gasteiger partial charge is 1.00 e. The Morgan fingerprint density at radius 2 is 0.571 bits per heavy atom.